The quantitative estimate of drug-likeness (QED) is 0.710. The van der Waals surface area contributed by atoms with Gasteiger partial charge in [-0.1, -0.05) is 12.8 Å². The zero-order valence-corrected chi connectivity index (χ0v) is 7.85. The van der Waals surface area contributed by atoms with E-state index in [-0.39, 0.29) is 18.3 Å². The number of hydrogen-bond acceptors (Lipinski definition) is 2. The lowest BCUT2D eigenvalue weighted by atomic mass is 9.91. The zero-order valence-electron chi connectivity index (χ0n) is 7.03. The molecule has 1 saturated carbocycles. The topological polar surface area (TPSA) is 63.3 Å². The maximum Gasteiger partial charge on any atom is 0.308 e. The summed E-state index contributed by atoms with van der Waals surface area (Å²) >= 11 is 0. The second-order valence-corrected chi connectivity index (χ2v) is 3.22. The molecule has 0 spiro atoms. The third-order valence-corrected chi connectivity index (χ3v) is 2.54. The first kappa shape index (κ1) is 11.7. The van der Waals surface area contributed by atoms with Gasteiger partial charge in [0.25, 0.3) is 0 Å². The van der Waals surface area contributed by atoms with Crippen molar-refractivity contribution in [2.24, 2.45) is 17.6 Å². The summed E-state index contributed by atoms with van der Waals surface area (Å²) in [6.45, 7) is 0.292. The highest BCUT2D eigenvalue weighted by Crippen LogP contribution is 2.30. The summed E-state index contributed by atoms with van der Waals surface area (Å²) < 4.78 is 0. The summed E-state index contributed by atoms with van der Waals surface area (Å²) in [5.41, 5.74) is 5.37. The molecular weight excluding hydrogens is 178 g/mol. The van der Waals surface area contributed by atoms with Gasteiger partial charge in [-0.15, -0.1) is 12.4 Å². The van der Waals surface area contributed by atoms with Gasteiger partial charge >= 0.3 is 5.97 Å². The fraction of sp³-hybridized carbons (Fsp3) is 0.875. The molecule has 0 saturated heterocycles. The summed E-state index contributed by atoms with van der Waals surface area (Å²) in [6, 6.07) is 0. The summed E-state index contributed by atoms with van der Waals surface area (Å²) in [4.78, 5) is 10.6. The summed E-state index contributed by atoms with van der Waals surface area (Å²) in [6.07, 6.45) is 4.45. The van der Waals surface area contributed by atoms with E-state index in [0.717, 1.165) is 12.8 Å². The molecule has 72 valence electrons. The van der Waals surface area contributed by atoms with Crippen LogP contribution in [0, 0.1) is 11.8 Å². The number of carboxylic acid groups (broad SMARTS) is 1. The molecule has 3 nitrogen and oxygen atoms in total. The van der Waals surface area contributed by atoms with Gasteiger partial charge in [0.2, 0.25) is 0 Å². The molecule has 1 unspecified atom stereocenters. The van der Waals surface area contributed by atoms with E-state index in [2.05, 4.69) is 0 Å². The van der Waals surface area contributed by atoms with Crippen molar-refractivity contribution < 1.29 is 9.90 Å². The zero-order chi connectivity index (χ0) is 8.27. The van der Waals surface area contributed by atoms with Crippen molar-refractivity contribution in [3.8, 4) is 0 Å². The smallest absolute Gasteiger partial charge is 0.308 e. The Kier molecular flexibility index (Phi) is 5.25. The Morgan fingerprint density at radius 3 is 2.33 bits per heavy atom. The van der Waals surface area contributed by atoms with Gasteiger partial charge in [-0.05, 0) is 18.8 Å². The monoisotopic (exact) mass is 193 g/mol. The van der Waals surface area contributed by atoms with Crippen LogP contribution in [-0.2, 0) is 4.79 Å². The van der Waals surface area contributed by atoms with Crippen LogP contribution in [0.5, 0.6) is 0 Å². The van der Waals surface area contributed by atoms with Crippen LogP contribution in [0.4, 0.5) is 0 Å². The van der Waals surface area contributed by atoms with Gasteiger partial charge in [-0.25, -0.2) is 0 Å². The molecule has 0 radical (unpaired) electrons. The minimum Gasteiger partial charge on any atom is -0.481 e. The van der Waals surface area contributed by atoms with Crippen LogP contribution >= 0.6 is 12.4 Å². The minimum absolute atomic E-state index is 0. The molecule has 0 aromatic heterocycles. The van der Waals surface area contributed by atoms with Gasteiger partial charge in [0.1, 0.15) is 0 Å². The maximum absolute atomic E-state index is 10.6. The van der Waals surface area contributed by atoms with Crippen molar-refractivity contribution in [1.82, 2.24) is 0 Å². The van der Waals surface area contributed by atoms with Crippen molar-refractivity contribution in [2.75, 3.05) is 6.54 Å². The van der Waals surface area contributed by atoms with Gasteiger partial charge in [0, 0.05) is 6.54 Å². The second kappa shape index (κ2) is 5.38. The predicted molar refractivity (Wildman–Crippen MR) is 49.4 cm³/mol. The Labute approximate surface area is 78.7 Å². The van der Waals surface area contributed by atoms with Crippen LogP contribution in [0.1, 0.15) is 25.7 Å². The highest BCUT2D eigenvalue weighted by Gasteiger charge is 2.28. The standard InChI is InChI=1S/C8H15NO2.ClH/c9-5-7(8(10)11)6-3-1-2-4-6;/h6-7H,1-5,9H2,(H,10,11);1H. The summed E-state index contributed by atoms with van der Waals surface area (Å²) in [7, 11) is 0. The van der Waals surface area contributed by atoms with Gasteiger partial charge in [-0.2, -0.15) is 0 Å². The first-order valence-electron chi connectivity index (χ1n) is 4.18. The Bertz CT molecular complexity index is 146. The number of halogens is 1. The molecular formula is C8H16ClNO2. The Morgan fingerprint density at radius 1 is 1.50 bits per heavy atom. The van der Waals surface area contributed by atoms with Crippen molar-refractivity contribution in [3.05, 3.63) is 0 Å². The lowest BCUT2D eigenvalue weighted by molar-refractivity contribution is -0.143. The molecule has 12 heavy (non-hydrogen) atoms. The van der Waals surface area contributed by atoms with E-state index in [1.807, 2.05) is 0 Å². The lowest BCUT2D eigenvalue weighted by Crippen LogP contribution is -2.29. The highest BCUT2D eigenvalue weighted by molar-refractivity contribution is 5.85. The molecule has 1 fully saturated rings. The van der Waals surface area contributed by atoms with Gasteiger partial charge < -0.3 is 10.8 Å². The highest BCUT2D eigenvalue weighted by atomic mass is 35.5. The van der Waals surface area contributed by atoms with E-state index in [1.165, 1.54) is 12.8 Å². The molecule has 0 aromatic carbocycles. The molecule has 1 atom stereocenters. The van der Waals surface area contributed by atoms with E-state index in [4.69, 9.17) is 10.8 Å². The average Bonchev–Trinajstić information content (AvgIpc) is 2.40. The van der Waals surface area contributed by atoms with E-state index >= 15 is 0 Å². The number of rotatable bonds is 3. The Hall–Kier alpha value is -0.280. The van der Waals surface area contributed by atoms with Crippen molar-refractivity contribution in [3.63, 3.8) is 0 Å². The van der Waals surface area contributed by atoms with Crippen LogP contribution in [0.3, 0.4) is 0 Å². The molecule has 0 heterocycles. The third kappa shape index (κ3) is 2.64. The molecule has 0 bridgehead atoms. The van der Waals surface area contributed by atoms with Crippen LogP contribution in [0.25, 0.3) is 0 Å². The van der Waals surface area contributed by atoms with E-state index in [9.17, 15) is 4.79 Å². The summed E-state index contributed by atoms with van der Waals surface area (Å²) in [5, 5.41) is 8.75. The van der Waals surface area contributed by atoms with E-state index < -0.39 is 5.97 Å². The molecule has 0 aromatic rings. The molecule has 0 amide bonds. The van der Waals surface area contributed by atoms with Gasteiger partial charge in [0.05, 0.1) is 5.92 Å². The fourth-order valence-electron chi connectivity index (χ4n) is 1.85. The van der Waals surface area contributed by atoms with Crippen molar-refractivity contribution in [2.45, 2.75) is 25.7 Å². The number of carbonyl (C=O) groups is 1. The first-order valence-corrected chi connectivity index (χ1v) is 4.18. The summed E-state index contributed by atoms with van der Waals surface area (Å²) in [5.74, 6) is -0.672. The van der Waals surface area contributed by atoms with Gasteiger partial charge in [0.15, 0.2) is 0 Å². The second-order valence-electron chi connectivity index (χ2n) is 3.22. The molecule has 3 N–H and O–H groups in total. The molecule has 1 aliphatic carbocycles. The van der Waals surface area contributed by atoms with Crippen molar-refractivity contribution in [1.29, 1.82) is 0 Å². The average molecular weight is 194 g/mol. The lowest BCUT2D eigenvalue weighted by Gasteiger charge is -2.16. The van der Waals surface area contributed by atoms with Crippen LogP contribution in [-0.4, -0.2) is 17.6 Å². The predicted octanol–water partition coefficient (Wildman–Crippen LogP) is 1.26. The number of hydrogen-bond donors (Lipinski definition) is 2. The normalized spacial score (nSPS) is 20.1. The first-order chi connectivity index (χ1) is 5.25. The van der Waals surface area contributed by atoms with Crippen molar-refractivity contribution >= 4 is 18.4 Å². The van der Waals surface area contributed by atoms with E-state index in [0.29, 0.717) is 12.5 Å². The molecule has 1 rings (SSSR count). The molecule has 0 aliphatic heterocycles. The fourth-order valence-corrected chi connectivity index (χ4v) is 1.85. The number of aliphatic carboxylic acids is 1. The minimum atomic E-state index is -0.723. The SMILES string of the molecule is Cl.NCC(C(=O)O)C1CCCC1. The van der Waals surface area contributed by atoms with E-state index in [1.54, 1.807) is 0 Å². The van der Waals surface area contributed by atoms with Crippen LogP contribution < -0.4 is 5.73 Å². The Balaban J connectivity index is 0.00000121. The van der Waals surface area contributed by atoms with Crippen LogP contribution in [0.15, 0.2) is 0 Å². The van der Waals surface area contributed by atoms with Crippen LogP contribution in [0.2, 0.25) is 0 Å². The van der Waals surface area contributed by atoms with Gasteiger partial charge in [-0.3, -0.25) is 4.79 Å². The molecule has 1 aliphatic rings. The largest absolute Gasteiger partial charge is 0.481 e. The molecule has 4 heteroatoms. The number of nitrogens with two attached hydrogens (primary N) is 1. The Morgan fingerprint density at radius 2 is 2.00 bits per heavy atom. The third-order valence-electron chi connectivity index (χ3n) is 2.54. The maximum atomic E-state index is 10.6. The number of carboxylic acids is 1.